The normalized spacial score (nSPS) is 30.8. The van der Waals surface area contributed by atoms with Crippen molar-refractivity contribution < 1.29 is 4.79 Å². The number of hydrogen-bond acceptors (Lipinski definition) is 2. The van der Waals surface area contributed by atoms with Gasteiger partial charge in [-0.15, -0.1) is 0 Å². The second kappa shape index (κ2) is 2.76. The number of nitrogens with one attached hydrogen (secondary N) is 1. The van der Waals surface area contributed by atoms with E-state index in [2.05, 4.69) is 21.2 Å². The molecule has 0 saturated heterocycles. The van der Waals surface area contributed by atoms with Gasteiger partial charge in [-0.3, -0.25) is 4.79 Å². The van der Waals surface area contributed by atoms with Crippen LogP contribution in [0.4, 0.5) is 0 Å². The lowest BCUT2D eigenvalue weighted by molar-refractivity contribution is -0.109. The van der Waals surface area contributed by atoms with Gasteiger partial charge in [-0.25, -0.2) is 0 Å². The van der Waals surface area contributed by atoms with Crippen LogP contribution in [-0.2, 0) is 4.79 Å². The Kier molecular flexibility index (Phi) is 2.16. The Morgan fingerprint density at radius 3 is 2.90 bits per heavy atom. The fraction of sp³-hybridized carbons (Fsp3) is 0.167. The first-order valence-corrected chi connectivity index (χ1v) is 3.81. The zero-order valence-corrected chi connectivity index (χ0v) is 7.32. The summed E-state index contributed by atoms with van der Waals surface area (Å²) >= 11 is 8.73. The highest BCUT2D eigenvalue weighted by Crippen LogP contribution is 2.19. The highest BCUT2D eigenvalue weighted by Gasteiger charge is 2.22. The summed E-state index contributed by atoms with van der Waals surface area (Å²) in [6.45, 7) is 0. The van der Waals surface area contributed by atoms with Crippen LogP contribution >= 0.6 is 27.5 Å². The minimum Gasteiger partial charge on any atom is -0.366 e. The van der Waals surface area contributed by atoms with Crippen molar-refractivity contribution >= 4 is 33.8 Å². The number of carbonyl (C=O) groups excluding carboxylic acids is 1. The maximum atomic E-state index is 10.4. The maximum Gasteiger partial charge on any atom is 0.168 e. The van der Waals surface area contributed by atoms with Crippen LogP contribution in [0, 0.1) is 0 Å². The minimum absolute atomic E-state index is 0.580. The van der Waals surface area contributed by atoms with E-state index in [9.17, 15) is 4.79 Å². The Bertz CT molecular complexity index is 214. The van der Waals surface area contributed by atoms with E-state index in [0.717, 1.165) is 6.29 Å². The van der Waals surface area contributed by atoms with Gasteiger partial charge in [-0.05, 0) is 28.1 Å². The number of dihydropyridines is 1. The third-order valence-electron chi connectivity index (χ3n) is 1.09. The Hall–Kier alpha value is -0.280. The summed E-state index contributed by atoms with van der Waals surface area (Å²) < 4.78 is -0.759. The molecule has 1 atom stereocenters. The summed E-state index contributed by atoms with van der Waals surface area (Å²) in [6.07, 6.45) is 5.61. The van der Waals surface area contributed by atoms with E-state index >= 15 is 0 Å². The molecule has 0 aromatic heterocycles. The lowest BCUT2D eigenvalue weighted by Crippen LogP contribution is -2.36. The molecule has 0 bridgehead atoms. The van der Waals surface area contributed by atoms with E-state index < -0.39 is 4.45 Å². The van der Waals surface area contributed by atoms with E-state index in [-0.39, 0.29) is 0 Å². The molecule has 1 N–H and O–H groups in total. The van der Waals surface area contributed by atoms with E-state index in [1.165, 1.54) is 0 Å². The molecule has 10 heavy (non-hydrogen) atoms. The van der Waals surface area contributed by atoms with Gasteiger partial charge < -0.3 is 5.32 Å². The van der Waals surface area contributed by atoms with E-state index in [1.807, 2.05) is 0 Å². The van der Waals surface area contributed by atoms with Gasteiger partial charge in [0, 0.05) is 6.20 Å². The van der Waals surface area contributed by atoms with Crippen LogP contribution in [0.3, 0.4) is 0 Å². The molecule has 1 rings (SSSR count). The Morgan fingerprint density at radius 2 is 2.50 bits per heavy atom. The van der Waals surface area contributed by atoms with Gasteiger partial charge in [0.05, 0.1) is 5.03 Å². The molecule has 1 aliphatic rings. The van der Waals surface area contributed by atoms with E-state index in [0.29, 0.717) is 5.03 Å². The largest absolute Gasteiger partial charge is 0.366 e. The molecule has 4 heteroatoms. The van der Waals surface area contributed by atoms with Crippen molar-refractivity contribution in [1.29, 1.82) is 0 Å². The molecule has 2 nitrogen and oxygen atoms in total. The van der Waals surface area contributed by atoms with Gasteiger partial charge in [0.1, 0.15) is 0 Å². The average Bonchev–Trinajstić information content (AvgIpc) is 1.96. The number of halogens is 2. The third kappa shape index (κ3) is 1.61. The molecule has 54 valence electrons. The van der Waals surface area contributed by atoms with Crippen LogP contribution in [0.1, 0.15) is 0 Å². The molecular weight excluding hydrogens is 217 g/mol. The number of hydrogen-bond donors (Lipinski definition) is 1. The van der Waals surface area contributed by atoms with Crippen molar-refractivity contribution in [2.75, 3.05) is 0 Å². The molecular formula is C6H5BrClNO. The van der Waals surface area contributed by atoms with Gasteiger partial charge in [-0.1, -0.05) is 11.6 Å². The fourth-order valence-corrected chi connectivity index (χ4v) is 0.914. The highest BCUT2D eigenvalue weighted by atomic mass is 79.9. The fourth-order valence-electron chi connectivity index (χ4n) is 0.550. The molecule has 0 aromatic rings. The second-order valence-electron chi connectivity index (χ2n) is 1.89. The van der Waals surface area contributed by atoms with Crippen LogP contribution in [0.15, 0.2) is 23.4 Å². The van der Waals surface area contributed by atoms with Gasteiger partial charge >= 0.3 is 0 Å². The number of allylic oxidation sites excluding steroid dienone is 2. The average molecular weight is 222 g/mol. The SMILES string of the molecule is O=CC1(Br)C=CC(Cl)=CN1. The molecule has 0 spiro atoms. The monoisotopic (exact) mass is 221 g/mol. The van der Waals surface area contributed by atoms with Gasteiger partial charge in [-0.2, -0.15) is 0 Å². The number of carbonyl (C=O) groups is 1. The molecule has 0 saturated carbocycles. The Labute approximate surface area is 72.1 Å². The molecule has 1 heterocycles. The highest BCUT2D eigenvalue weighted by molar-refractivity contribution is 9.10. The quantitative estimate of drug-likeness (QED) is 0.414. The summed E-state index contributed by atoms with van der Waals surface area (Å²) in [6, 6.07) is 0. The van der Waals surface area contributed by atoms with Crippen LogP contribution in [-0.4, -0.2) is 10.7 Å². The molecule has 0 fully saturated rings. The van der Waals surface area contributed by atoms with E-state index in [1.54, 1.807) is 18.4 Å². The molecule has 1 unspecified atom stereocenters. The zero-order valence-electron chi connectivity index (χ0n) is 4.97. The van der Waals surface area contributed by atoms with Crippen molar-refractivity contribution in [2.24, 2.45) is 0 Å². The lowest BCUT2D eigenvalue weighted by Gasteiger charge is -2.19. The van der Waals surface area contributed by atoms with Gasteiger partial charge in [0.2, 0.25) is 0 Å². The second-order valence-corrected chi connectivity index (χ2v) is 3.64. The third-order valence-corrected chi connectivity index (χ3v) is 2.00. The number of alkyl halides is 1. The van der Waals surface area contributed by atoms with Crippen LogP contribution < -0.4 is 5.32 Å². The number of rotatable bonds is 1. The molecule has 0 radical (unpaired) electrons. The summed E-state index contributed by atoms with van der Waals surface area (Å²) in [5.41, 5.74) is 0. The summed E-state index contributed by atoms with van der Waals surface area (Å²) in [7, 11) is 0. The number of aldehydes is 1. The minimum atomic E-state index is -0.759. The maximum absolute atomic E-state index is 10.4. The first kappa shape index (κ1) is 7.82. The zero-order chi connectivity index (χ0) is 7.61. The molecule has 1 aliphatic heterocycles. The van der Waals surface area contributed by atoms with Gasteiger partial charge in [0.15, 0.2) is 10.7 Å². The Morgan fingerprint density at radius 1 is 1.80 bits per heavy atom. The predicted octanol–water partition coefficient (Wildman–Crippen LogP) is 1.52. The van der Waals surface area contributed by atoms with Crippen molar-refractivity contribution in [2.45, 2.75) is 4.45 Å². The van der Waals surface area contributed by atoms with Crippen molar-refractivity contribution in [3.63, 3.8) is 0 Å². The summed E-state index contributed by atoms with van der Waals surface area (Å²) in [5.74, 6) is 0. The predicted molar refractivity (Wildman–Crippen MR) is 43.9 cm³/mol. The summed E-state index contributed by atoms with van der Waals surface area (Å²) in [4.78, 5) is 10.4. The topological polar surface area (TPSA) is 29.1 Å². The first-order valence-electron chi connectivity index (χ1n) is 2.64. The van der Waals surface area contributed by atoms with Crippen LogP contribution in [0.25, 0.3) is 0 Å². The van der Waals surface area contributed by atoms with Gasteiger partial charge in [0.25, 0.3) is 0 Å². The Balaban J connectivity index is 2.76. The standard InChI is InChI=1S/C6H5BrClNO/c7-6(4-10)2-1-5(8)3-9-6/h1-4,9H. The van der Waals surface area contributed by atoms with E-state index in [4.69, 9.17) is 11.6 Å². The molecule has 0 aromatic carbocycles. The first-order chi connectivity index (χ1) is 4.66. The van der Waals surface area contributed by atoms with Crippen molar-refractivity contribution in [3.8, 4) is 0 Å². The smallest absolute Gasteiger partial charge is 0.168 e. The lowest BCUT2D eigenvalue weighted by atomic mass is 10.2. The molecule has 0 aliphatic carbocycles. The molecule has 0 amide bonds. The van der Waals surface area contributed by atoms with Crippen LogP contribution in [0.2, 0.25) is 0 Å². The van der Waals surface area contributed by atoms with Crippen molar-refractivity contribution in [1.82, 2.24) is 5.32 Å². The summed E-state index contributed by atoms with van der Waals surface area (Å²) in [5, 5.41) is 3.34. The van der Waals surface area contributed by atoms with Crippen molar-refractivity contribution in [3.05, 3.63) is 23.4 Å². The van der Waals surface area contributed by atoms with Crippen LogP contribution in [0.5, 0.6) is 0 Å².